The molecule has 3 heterocycles. The molecule has 0 unspecified atom stereocenters. The van der Waals surface area contributed by atoms with Gasteiger partial charge in [0.1, 0.15) is 0 Å². The van der Waals surface area contributed by atoms with Crippen molar-refractivity contribution < 1.29 is 9.21 Å². The van der Waals surface area contributed by atoms with Crippen LogP contribution in [0.2, 0.25) is 0 Å². The second-order valence-corrected chi connectivity index (χ2v) is 5.78. The number of aryl methyl sites for hydroxylation is 2. The standard InChI is InChI=1S/C16H22N6O2/c1-12-14(24-13(2)20-12)15(23)17-6-7-21-8-10-22(11-9-21)16-18-4-3-5-19-16/h3-5H,6-11H2,1-2H3,(H,17,23). The van der Waals surface area contributed by atoms with Crippen molar-refractivity contribution in [1.29, 1.82) is 0 Å². The maximum absolute atomic E-state index is 12.1. The van der Waals surface area contributed by atoms with Gasteiger partial charge in [-0.05, 0) is 13.0 Å². The van der Waals surface area contributed by atoms with Gasteiger partial charge in [0, 0.05) is 58.6 Å². The van der Waals surface area contributed by atoms with Gasteiger partial charge in [0.25, 0.3) is 5.91 Å². The Morgan fingerprint density at radius 2 is 1.92 bits per heavy atom. The van der Waals surface area contributed by atoms with Crippen LogP contribution < -0.4 is 10.2 Å². The molecule has 1 aliphatic heterocycles. The molecule has 2 aromatic heterocycles. The lowest BCUT2D eigenvalue weighted by Crippen LogP contribution is -2.49. The first-order chi connectivity index (χ1) is 11.6. The number of amides is 1. The van der Waals surface area contributed by atoms with Gasteiger partial charge in [-0.25, -0.2) is 15.0 Å². The van der Waals surface area contributed by atoms with Crippen LogP contribution >= 0.6 is 0 Å². The number of aromatic nitrogens is 3. The Morgan fingerprint density at radius 1 is 1.21 bits per heavy atom. The number of oxazole rings is 1. The van der Waals surface area contributed by atoms with E-state index in [2.05, 4.69) is 30.1 Å². The van der Waals surface area contributed by atoms with Crippen molar-refractivity contribution >= 4 is 11.9 Å². The average Bonchev–Trinajstić information content (AvgIpc) is 2.95. The smallest absolute Gasteiger partial charge is 0.289 e. The lowest BCUT2D eigenvalue weighted by atomic mass is 10.3. The first-order valence-corrected chi connectivity index (χ1v) is 8.10. The number of carbonyl (C=O) groups is 1. The molecule has 0 aromatic carbocycles. The molecule has 8 heteroatoms. The summed E-state index contributed by atoms with van der Waals surface area (Å²) >= 11 is 0. The van der Waals surface area contributed by atoms with E-state index in [0.29, 0.717) is 23.9 Å². The van der Waals surface area contributed by atoms with E-state index in [1.54, 1.807) is 26.2 Å². The Labute approximate surface area is 140 Å². The van der Waals surface area contributed by atoms with Crippen molar-refractivity contribution in [2.45, 2.75) is 13.8 Å². The van der Waals surface area contributed by atoms with Gasteiger partial charge in [-0.1, -0.05) is 0 Å². The summed E-state index contributed by atoms with van der Waals surface area (Å²) in [6.07, 6.45) is 3.52. The van der Waals surface area contributed by atoms with Crippen molar-refractivity contribution in [3.8, 4) is 0 Å². The summed E-state index contributed by atoms with van der Waals surface area (Å²) in [5.74, 6) is 1.39. The number of rotatable bonds is 5. The van der Waals surface area contributed by atoms with Gasteiger partial charge in [0.2, 0.25) is 11.7 Å². The van der Waals surface area contributed by atoms with E-state index < -0.39 is 0 Å². The van der Waals surface area contributed by atoms with Crippen molar-refractivity contribution in [3.63, 3.8) is 0 Å². The Kier molecular flexibility index (Phi) is 5.05. The average molecular weight is 330 g/mol. The van der Waals surface area contributed by atoms with Gasteiger partial charge >= 0.3 is 0 Å². The van der Waals surface area contributed by atoms with Gasteiger partial charge in [-0.2, -0.15) is 0 Å². The lowest BCUT2D eigenvalue weighted by Gasteiger charge is -2.34. The molecule has 0 spiro atoms. The highest BCUT2D eigenvalue weighted by Gasteiger charge is 2.19. The van der Waals surface area contributed by atoms with Gasteiger partial charge in [0.15, 0.2) is 5.89 Å². The second-order valence-electron chi connectivity index (χ2n) is 5.78. The van der Waals surface area contributed by atoms with Gasteiger partial charge < -0.3 is 14.6 Å². The third-order valence-corrected chi connectivity index (χ3v) is 4.03. The highest BCUT2D eigenvalue weighted by molar-refractivity contribution is 5.92. The fourth-order valence-corrected chi connectivity index (χ4v) is 2.78. The molecule has 0 saturated carbocycles. The molecule has 1 amide bonds. The summed E-state index contributed by atoms with van der Waals surface area (Å²) in [5, 5.41) is 2.89. The van der Waals surface area contributed by atoms with Crippen LogP contribution in [0.15, 0.2) is 22.9 Å². The fraction of sp³-hybridized carbons (Fsp3) is 0.500. The van der Waals surface area contributed by atoms with E-state index in [9.17, 15) is 4.79 Å². The molecule has 8 nitrogen and oxygen atoms in total. The topological polar surface area (TPSA) is 87.4 Å². The zero-order chi connectivity index (χ0) is 16.9. The Morgan fingerprint density at radius 3 is 2.54 bits per heavy atom. The minimum atomic E-state index is -0.204. The Bertz CT molecular complexity index is 679. The molecule has 24 heavy (non-hydrogen) atoms. The largest absolute Gasteiger partial charge is 0.436 e. The predicted molar refractivity (Wildman–Crippen MR) is 89.0 cm³/mol. The van der Waals surface area contributed by atoms with Crippen molar-refractivity contribution in [3.05, 3.63) is 35.8 Å². The summed E-state index contributed by atoms with van der Waals surface area (Å²) < 4.78 is 5.32. The van der Waals surface area contributed by atoms with Crippen LogP contribution in [0.4, 0.5) is 5.95 Å². The zero-order valence-corrected chi connectivity index (χ0v) is 14.0. The van der Waals surface area contributed by atoms with Crippen LogP contribution in [0.1, 0.15) is 22.1 Å². The molecule has 128 valence electrons. The van der Waals surface area contributed by atoms with Crippen molar-refractivity contribution in [1.82, 2.24) is 25.2 Å². The molecular formula is C16H22N6O2. The zero-order valence-electron chi connectivity index (χ0n) is 14.0. The van der Waals surface area contributed by atoms with Crippen LogP contribution in [0.25, 0.3) is 0 Å². The van der Waals surface area contributed by atoms with Crippen LogP contribution in [0, 0.1) is 13.8 Å². The molecule has 1 fully saturated rings. The van der Waals surface area contributed by atoms with Crippen molar-refractivity contribution in [2.24, 2.45) is 0 Å². The monoisotopic (exact) mass is 330 g/mol. The normalized spacial score (nSPS) is 15.5. The lowest BCUT2D eigenvalue weighted by molar-refractivity contribution is 0.0918. The third kappa shape index (κ3) is 3.88. The van der Waals surface area contributed by atoms with Crippen LogP contribution in [-0.2, 0) is 0 Å². The molecule has 1 aliphatic rings. The van der Waals surface area contributed by atoms with Crippen LogP contribution in [0.3, 0.4) is 0 Å². The maximum Gasteiger partial charge on any atom is 0.289 e. The second kappa shape index (κ2) is 7.39. The first-order valence-electron chi connectivity index (χ1n) is 8.10. The minimum absolute atomic E-state index is 0.204. The maximum atomic E-state index is 12.1. The van der Waals surface area contributed by atoms with Gasteiger partial charge in [-0.3, -0.25) is 9.69 Å². The van der Waals surface area contributed by atoms with E-state index in [1.165, 1.54) is 0 Å². The molecule has 1 saturated heterocycles. The quantitative estimate of drug-likeness (QED) is 0.860. The molecule has 0 atom stereocenters. The summed E-state index contributed by atoms with van der Waals surface area (Å²) in [4.78, 5) is 29.2. The molecule has 2 aromatic rings. The molecular weight excluding hydrogens is 308 g/mol. The molecule has 0 radical (unpaired) electrons. The number of hydrogen-bond acceptors (Lipinski definition) is 7. The third-order valence-electron chi connectivity index (χ3n) is 4.03. The van der Waals surface area contributed by atoms with Gasteiger partial charge in [0.05, 0.1) is 5.69 Å². The van der Waals surface area contributed by atoms with E-state index in [-0.39, 0.29) is 5.91 Å². The highest BCUT2D eigenvalue weighted by atomic mass is 16.4. The SMILES string of the molecule is Cc1nc(C)c(C(=O)NCCN2CCN(c3ncccn3)CC2)o1. The summed E-state index contributed by atoms with van der Waals surface area (Å²) in [7, 11) is 0. The number of nitrogens with one attached hydrogen (secondary N) is 1. The van der Waals surface area contributed by atoms with E-state index in [0.717, 1.165) is 38.7 Å². The molecule has 1 N–H and O–H groups in total. The van der Waals surface area contributed by atoms with E-state index >= 15 is 0 Å². The Hall–Kier alpha value is -2.48. The number of carbonyl (C=O) groups excluding carboxylic acids is 1. The number of nitrogens with zero attached hydrogens (tertiary/aromatic N) is 5. The minimum Gasteiger partial charge on any atom is -0.436 e. The number of hydrogen-bond donors (Lipinski definition) is 1. The first kappa shape index (κ1) is 16.4. The Balaban J connectivity index is 1.41. The summed E-state index contributed by atoms with van der Waals surface area (Å²) in [5.41, 5.74) is 0.626. The summed E-state index contributed by atoms with van der Waals surface area (Å²) in [6.45, 7) is 8.52. The van der Waals surface area contributed by atoms with Gasteiger partial charge in [-0.15, -0.1) is 0 Å². The highest BCUT2D eigenvalue weighted by Crippen LogP contribution is 2.10. The van der Waals surface area contributed by atoms with Crippen molar-refractivity contribution in [2.75, 3.05) is 44.2 Å². The number of piperazine rings is 1. The predicted octanol–water partition coefficient (Wildman–Crippen LogP) is 0.633. The summed E-state index contributed by atoms with van der Waals surface area (Å²) in [6, 6.07) is 1.82. The fourth-order valence-electron chi connectivity index (χ4n) is 2.78. The van der Waals surface area contributed by atoms with E-state index in [1.807, 2.05) is 6.07 Å². The van der Waals surface area contributed by atoms with E-state index in [4.69, 9.17) is 4.42 Å². The molecule has 3 rings (SSSR count). The van der Waals surface area contributed by atoms with Crippen LogP contribution in [-0.4, -0.2) is 65.0 Å². The number of anilines is 1. The van der Waals surface area contributed by atoms with Crippen LogP contribution in [0.5, 0.6) is 0 Å². The molecule has 0 bridgehead atoms. The molecule has 0 aliphatic carbocycles.